The summed E-state index contributed by atoms with van der Waals surface area (Å²) in [5, 5.41) is 0.215. The van der Waals surface area contributed by atoms with Gasteiger partial charge in [0.25, 0.3) is 0 Å². The molecule has 2 heterocycles. The Hall–Kier alpha value is 0.204. The van der Waals surface area contributed by atoms with Crippen LogP contribution in [0, 0.1) is 6.20 Å². The van der Waals surface area contributed by atoms with Crippen LogP contribution in [0.5, 0.6) is 0 Å². The largest absolute Gasteiger partial charge is 0.394 e. The molecule has 1 aliphatic heterocycles. The van der Waals surface area contributed by atoms with Crippen molar-refractivity contribution in [3.05, 3.63) is 30.1 Å². The van der Waals surface area contributed by atoms with E-state index in [4.69, 9.17) is 0 Å². The standard InChI is InChI=1S/C11H15N2OS.Y/c1-12-15(14)7-3-5-11(15)8-10-4-2-6-13-9-10;/h2,4,9,11H,3,5,7-8H2,1H3;/q-1;. The van der Waals surface area contributed by atoms with Crippen LogP contribution in [0.3, 0.4) is 0 Å². The van der Waals surface area contributed by atoms with Gasteiger partial charge < -0.3 is 4.98 Å². The normalized spacial score (nSPS) is 28.4. The minimum absolute atomic E-state index is 0. The minimum atomic E-state index is -1.94. The molecule has 0 aromatic carbocycles. The molecule has 5 heteroatoms. The number of rotatable bonds is 2. The maximum atomic E-state index is 12.3. The second kappa shape index (κ2) is 6.22. The third-order valence-corrected chi connectivity index (χ3v) is 5.87. The molecule has 1 aliphatic rings. The van der Waals surface area contributed by atoms with Gasteiger partial charge in [0.2, 0.25) is 0 Å². The first-order valence-corrected chi connectivity index (χ1v) is 6.92. The van der Waals surface area contributed by atoms with Crippen LogP contribution in [-0.2, 0) is 48.9 Å². The second-order valence-corrected chi connectivity index (χ2v) is 6.66. The molecule has 1 saturated heterocycles. The first-order chi connectivity index (χ1) is 7.24. The van der Waals surface area contributed by atoms with E-state index in [1.165, 1.54) is 0 Å². The predicted molar refractivity (Wildman–Crippen MR) is 61.2 cm³/mol. The van der Waals surface area contributed by atoms with Crippen molar-refractivity contribution in [3.8, 4) is 0 Å². The monoisotopic (exact) mass is 312 g/mol. The van der Waals surface area contributed by atoms with Gasteiger partial charge in [-0.05, 0) is 19.3 Å². The average Bonchev–Trinajstić information content (AvgIpc) is 2.63. The van der Waals surface area contributed by atoms with Crippen molar-refractivity contribution in [2.24, 2.45) is 4.36 Å². The van der Waals surface area contributed by atoms with Crippen molar-refractivity contribution < 1.29 is 36.9 Å². The maximum absolute atomic E-state index is 12.3. The average molecular weight is 312 g/mol. The molecule has 0 aliphatic carbocycles. The van der Waals surface area contributed by atoms with Gasteiger partial charge in [0, 0.05) is 60.5 Å². The van der Waals surface area contributed by atoms with Crippen molar-refractivity contribution in [1.82, 2.24) is 4.98 Å². The number of hydrogen-bond donors (Lipinski definition) is 0. The Bertz CT molecular complexity index is 441. The van der Waals surface area contributed by atoms with Crippen LogP contribution in [0.1, 0.15) is 18.4 Å². The minimum Gasteiger partial charge on any atom is -0.394 e. The van der Waals surface area contributed by atoms with Crippen LogP contribution in [0.15, 0.2) is 22.7 Å². The fraction of sp³-hybridized carbons (Fsp3) is 0.545. The van der Waals surface area contributed by atoms with Gasteiger partial charge in [0.05, 0.1) is 0 Å². The summed E-state index contributed by atoms with van der Waals surface area (Å²) in [6.07, 6.45) is 7.44. The Balaban J connectivity index is 0.00000128. The third-order valence-electron chi connectivity index (χ3n) is 2.93. The van der Waals surface area contributed by atoms with E-state index in [9.17, 15) is 4.21 Å². The van der Waals surface area contributed by atoms with E-state index in [1.54, 1.807) is 19.3 Å². The summed E-state index contributed by atoms with van der Waals surface area (Å²) < 4.78 is 16.4. The third kappa shape index (κ3) is 3.11. The van der Waals surface area contributed by atoms with Gasteiger partial charge in [-0.2, -0.15) is 12.1 Å². The molecule has 2 unspecified atom stereocenters. The number of aromatic nitrogens is 1. The molecule has 0 saturated carbocycles. The SMILES string of the molecule is CN=S1(=O)CCCC1Cc1cc[c-]nc1.[Y]. The van der Waals surface area contributed by atoms with Crippen LogP contribution in [0.25, 0.3) is 0 Å². The van der Waals surface area contributed by atoms with E-state index in [0.717, 1.165) is 30.6 Å². The van der Waals surface area contributed by atoms with Crippen LogP contribution < -0.4 is 0 Å². The summed E-state index contributed by atoms with van der Waals surface area (Å²) in [5.74, 6) is 0.764. The fourth-order valence-electron chi connectivity index (χ4n) is 2.08. The molecule has 2 rings (SSSR count). The van der Waals surface area contributed by atoms with Crippen molar-refractivity contribution >= 4 is 9.73 Å². The maximum Gasteiger partial charge on any atom is 0.0496 e. The quantitative estimate of drug-likeness (QED) is 0.780. The fourth-order valence-corrected chi connectivity index (χ4v) is 4.46. The molecule has 0 N–H and O–H groups in total. The Kier molecular flexibility index (Phi) is 5.55. The van der Waals surface area contributed by atoms with Gasteiger partial charge in [-0.3, -0.25) is 0 Å². The molecule has 1 radical (unpaired) electrons. The zero-order chi connectivity index (χ0) is 10.7. The zero-order valence-electron chi connectivity index (χ0n) is 9.43. The van der Waals surface area contributed by atoms with Crippen molar-refractivity contribution in [2.45, 2.75) is 24.5 Å². The van der Waals surface area contributed by atoms with E-state index in [2.05, 4.69) is 15.5 Å². The van der Waals surface area contributed by atoms with Crippen LogP contribution in [0.4, 0.5) is 0 Å². The molecule has 3 nitrogen and oxygen atoms in total. The molecule has 2 atom stereocenters. The smallest absolute Gasteiger partial charge is 0.0496 e. The summed E-state index contributed by atoms with van der Waals surface area (Å²) in [5.41, 5.74) is 1.14. The Labute approximate surface area is 122 Å². The van der Waals surface area contributed by atoms with E-state index in [0.29, 0.717) is 0 Å². The second-order valence-electron chi connectivity index (χ2n) is 3.84. The molecule has 1 fully saturated rings. The van der Waals surface area contributed by atoms with Crippen LogP contribution in [0.2, 0.25) is 0 Å². The molecular formula is C11H15N2OSY-. The van der Waals surface area contributed by atoms with Gasteiger partial charge in [-0.1, -0.05) is 12.4 Å². The molecule has 1 aromatic heterocycles. The number of hydrogen-bond acceptors (Lipinski definition) is 3. The van der Waals surface area contributed by atoms with Gasteiger partial charge >= 0.3 is 0 Å². The Morgan fingerprint density at radius 2 is 2.50 bits per heavy atom. The van der Waals surface area contributed by atoms with E-state index >= 15 is 0 Å². The van der Waals surface area contributed by atoms with Gasteiger partial charge in [0.1, 0.15) is 0 Å². The Morgan fingerprint density at radius 3 is 3.12 bits per heavy atom. The Morgan fingerprint density at radius 1 is 1.69 bits per heavy atom. The number of nitrogens with zero attached hydrogens (tertiary/aromatic N) is 2. The van der Waals surface area contributed by atoms with Gasteiger partial charge in [-0.25, -0.2) is 8.57 Å². The van der Waals surface area contributed by atoms with E-state index < -0.39 is 9.73 Å². The van der Waals surface area contributed by atoms with Crippen molar-refractivity contribution in [3.63, 3.8) is 0 Å². The van der Waals surface area contributed by atoms with E-state index in [1.807, 2.05) is 6.07 Å². The molecule has 0 bridgehead atoms. The topological polar surface area (TPSA) is 42.3 Å². The molecule has 16 heavy (non-hydrogen) atoms. The molecular weight excluding hydrogens is 297 g/mol. The van der Waals surface area contributed by atoms with Crippen molar-refractivity contribution in [2.75, 3.05) is 12.8 Å². The molecule has 0 amide bonds. The summed E-state index contributed by atoms with van der Waals surface area (Å²) >= 11 is 0. The summed E-state index contributed by atoms with van der Waals surface area (Å²) in [4.78, 5) is 3.95. The molecule has 1 aromatic rings. The van der Waals surface area contributed by atoms with Gasteiger partial charge in [0.15, 0.2) is 0 Å². The summed E-state index contributed by atoms with van der Waals surface area (Å²) in [7, 11) is -0.265. The first-order valence-electron chi connectivity index (χ1n) is 5.17. The first kappa shape index (κ1) is 14.3. The summed E-state index contributed by atoms with van der Waals surface area (Å²) in [6, 6.07) is 3.79. The zero-order valence-corrected chi connectivity index (χ0v) is 13.1. The summed E-state index contributed by atoms with van der Waals surface area (Å²) in [6.45, 7) is 0. The molecule has 0 spiro atoms. The number of pyridine rings is 1. The van der Waals surface area contributed by atoms with E-state index in [-0.39, 0.29) is 38.0 Å². The molecule has 85 valence electrons. The van der Waals surface area contributed by atoms with Crippen LogP contribution in [-0.4, -0.2) is 27.2 Å². The predicted octanol–water partition coefficient (Wildman–Crippen LogP) is 1.68. The van der Waals surface area contributed by atoms with Crippen LogP contribution >= 0.6 is 0 Å². The van der Waals surface area contributed by atoms with Gasteiger partial charge in [-0.15, -0.1) is 5.56 Å². The van der Waals surface area contributed by atoms with Crippen molar-refractivity contribution in [1.29, 1.82) is 0 Å².